The van der Waals surface area contributed by atoms with Gasteiger partial charge in [0.15, 0.2) is 0 Å². The molecule has 1 aromatic rings. The summed E-state index contributed by atoms with van der Waals surface area (Å²) in [7, 11) is 0. The smallest absolute Gasteiger partial charge is 0.335 e. The Bertz CT molecular complexity index is 408. The fourth-order valence-electron chi connectivity index (χ4n) is 2.41. The molecule has 1 aliphatic rings. The first-order chi connectivity index (χ1) is 8.59. The highest BCUT2D eigenvalue weighted by Crippen LogP contribution is 2.28. The Morgan fingerprint density at radius 2 is 1.83 bits per heavy atom. The van der Waals surface area contributed by atoms with Gasteiger partial charge in [0, 0.05) is 13.1 Å². The van der Waals surface area contributed by atoms with Crippen molar-refractivity contribution in [3.63, 3.8) is 0 Å². The highest BCUT2D eigenvalue weighted by Gasteiger charge is 2.30. The monoisotopic (exact) mass is 249 g/mol. The van der Waals surface area contributed by atoms with Crippen LogP contribution < -0.4 is 5.32 Å². The first-order valence-electron chi connectivity index (χ1n) is 6.34. The molecule has 4 heteroatoms. The van der Waals surface area contributed by atoms with Crippen LogP contribution in [0.5, 0.6) is 0 Å². The lowest BCUT2D eigenvalue weighted by atomic mass is 10.0. The van der Waals surface area contributed by atoms with Crippen LogP contribution in [-0.4, -0.2) is 28.3 Å². The van der Waals surface area contributed by atoms with E-state index in [4.69, 9.17) is 5.11 Å². The van der Waals surface area contributed by atoms with E-state index in [1.165, 1.54) is 0 Å². The summed E-state index contributed by atoms with van der Waals surface area (Å²) in [5.74, 6) is -0.908. The SMILES string of the molecule is O=C(O)c1ccc(CNCC2(O)CCCC2)cc1. The van der Waals surface area contributed by atoms with Gasteiger partial charge in [-0.3, -0.25) is 0 Å². The van der Waals surface area contributed by atoms with Gasteiger partial charge in [-0.1, -0.05) is 25.0 Å². The molecule has 0 aromatic heterocycles. The van der Waals surface area contributed by atoms with Crippen molar-refractivity contribution in [1.29, 1.82) is 0 Å². The van der Waals surface area contributed by atoms with Crippen molar-refractivity contribution in [1.82, 2.24) is 5.32 Å². The van der Waals surface area contributed by atoms with E-state index in [1.54, 1.807) is 24.3 Å². The number of carboxylic acid groups (broad SMARTS) is 1. The number of hydrogen-bond donors (Lipinski definition) is 3. The van der Waals surface area contributed by atoms with Crippen LogP contribution in [-0.2, 0) is 6.54 Å². The van der Waals surface area contributed by atoms with Crippen molar-refractivity contribution < 1.29 is 15.0 Å². The molecule has 1 aromatic carbocycles. The van der Waals surface area contributed by atoms with E-state index in [2.05, 4.69) is 5.32 Å². The Labute approximate surface area is 107 Å². The number of carbonyl (C=O) groups is 1. The third-order valence-electron chi connectivity index (χ3n) is 3.52. The molecular formula is C14H19NO3. The zero-order chi connectivity index (χ0) is 13.0. The van der Waals surface area contributed by atoms with Crippen molar-refractivity contribution in [3.8, 4) is 0 Å². The molecule has 4 nitrogen and oxygen atoms in total. The first kappa shape index (κ1) is 13.1. The maximum absolute atomic E-state index is 10.7. The third kappa shape index (κ3) is 3.31. The minimum atomic E-state index is -0.908. The zero-order valence-electron chi connectivity index (χ0n) is 10.4. The summed E-state index contributed by atoms with van der Waals surface area (Å²) in [6, 6.07) is 6.80. The lowest BCUT2D eigenvalue weighted by Crippen LogP contribution is -2.37. The Balaban J connectivity index is 1.81. The van der Waals surface area contributed by atoms with Crippen molar-refractivity contribution in [2.75, 3.05) is 6.54 Å². The largest absolute Gasteiger partial charge is 0.478 e. The van der Waals surface area contributed by atoms with Gasteiger partial charge in [0.25, 0.3) is 0 Å². The number of nitrogens with one attached hydrogen (secondary N) is 1. The molecule has 0 heterocycles. The molecule has 3 N–H and O–H groups in total. The molecule has 0 bridgehead atoms. The molecule has 0 radical (unpaired) electrons. The maximum Gasteiger partial charge on any atom is 0.335 e. The number of benzene rings is 1. The summed E-state index contributed by atoms with van der Waals surface area (Å²) in [6.45, 7) is 1.26. The molecule has 98 valence electrons. The lowest BCUT2D eigenvalue weighted by Gasteiger charge is -2.22. The summed E-state index contributed by atoms with van der Waals surface area (Å²) < 4.78 is 0. The molecule has 0 aliphatic heterocycles. The van der Waals surface area contributed by atoms with Gasteiger partial charge in [-0.05, 0) is 30.5 Å². The summed E-state index contributed by atoms with van der Waals surface area (Å²) in [6.07, 6.45) is 3.95. The van der Waals surface area contributed by atoms with Gasteiger partial charge in [-0.15, -0.1) is 0 Å². The van der Waals surface area contributed by atoms with Gasteiger partial charge in [0.2, 0.25) is 0 Å². The predicted molar refractivity (Wildman–Crippen MR) is 68.5 cm³/mol. The summed E-state index contributed by atoms with van der Waals surface area (Å²) in [5, 5.41) is 22.2. The molecule has 0 saturated heterocycles. The van der Waals surface area contributed by atoms with Crippen molar-refractivity contribution >= 4 is 5.97 Å². The Morgan fingerprint density at radius 3 is 2.39 bits per heavy atom. The van der Waals surface area contributed by atoms with E-state index < -0.39 is 11.6 Å². The van der Waals surface area contributed by atoms with Crippen LogP contribution in [0.4, 0.5) is 0 Å². The summed E-state index contributed by atoms with van der Waals surface area (Å²) in [5.41, 5.74) is 0.788. The van der Waals surface area contributed by atoms with E-state index >= 15 is 0 Å². The molecule has 0 atom stereocenters. The fourth-order valence-corrected chi connectivity index (χ4v) is 2.41. The minimum Gasteiger partial charge on any atom is -0.478 e. The molecular weight excluding hydrogens is 230 g/mol. The quantitative estimate of drug-likeness (QED) is 0.744. The average molecular weight is 249 g/mol. The van der Waals surface area contributed by atoms with Gasteiger partial charge >= 0.3 is 5.97 Å². The van der Waals surface area contributed by atoms with Crippen molar-refractivity contribution in [2.45, 2.75) is 37.8 Å². The summed E-state index contributed by atoms with van der Waals surface area (Å²) in [4.78, 5) is 10.7. The third-order valence-corrected chi connectivity index (χ3v) is 3.52. The van der Waals surface area contributed by atoms with Gasteiger partial charge in [-0.2, -0.15) is 0 Å². The standard InChI is InChI=1S/C14H19NO3/c16-13(17)12-5-3-11(4-6-12)9-15-10-14(18)7-1-2-8-14/h3-6,15,18H,1-2,7-10H2,(H,16,17). The van der Waals surface area contributed by atoms with Crippen LogP contribution in [0.2, 0.25) is 0 Å². The fraction of sp³-hybridized carbons (Fsp3) is 0.500. The molecule has 1 aliphatic carbocycles. The Morgan fingerprint density at radius 1 is 1.22 bits per heavy atom. The van der Waals surface area contributed by atoms with E-state index in [0.29, 0.717) is 18.7 Å². The predicted octanol–water partition coefficient (Wildman–Crippen LogP) is 1.78. The number of carboxylic acids is 1. The van der Waals surface area contributed by atoms with Crippen LogP contribution in [0.15, 0.2) is 24.3 Å². The topological polar surface area (TPSA) is 69.6 Å². The molecule has 0 amide bonds. The van der Waals surface area contributed by atoms with E-state index in [0.717, 1.165) is 31.2 Å². The number of aliphatic hydroxyl groups is 1. The second-order valence-corrected chi connectivity index (χ2v) is 5.04. The van der Waals surface area contributed by atoms with Crippen LogP contribution >= 0.6 is 0 Å². The van der Waals surface area contributed by atoms with Crippen molar-refractivity contribution in [3.05, 3.63) is 35.4 Å². The van der Waals surface area contributed by atoms with Gasteiger partial charge < -0.3 is 15.5 Å². The number of hydrogen-bond acceptors (Lipinski definition) is 3. The molecule has 18 heavy (non-hydrogen) atoms. The van der Waals surface area contributed by atoms with Gasteiger partial charge in [-0.25, -0.2) is 4.79 Å². The van der Waals surface area contributed by atoms with Crippen LogP contribution in [0, 0.1) is 0 Å². The molecule has 2 rings (SSSR count). The van der Waals surface area contributed by atoms with Crippen molar-refractivity contribution in [2.24, 2.45) is 0 Å². The Hall–Kier alpha value is -1.39. The van der Waals surface area contributed by atoms with E-state index in [9.17, 15) is 9.90 Å². The molecule has 1 fully saturated rings. The first-order valence-corrected chi connectivity index (χ1v) is 6.34. The van der Waals surface area contributed by atoms with E-state index in [1.807, 2.05) is 0 Å². The summed E-state index contributed by atoms with van der Waals surface area (Å²) >= 11 is 0. The lowest BCUT2D eigenvalue weighted by molar-refractivity contribution is 0.0475. The van der Waals surface area contributed by atoms with Gasteiger partial charge in [0.1, 0.15) is 0 Å². The Kier molecular flexibility index (Phi) is 3.99. The second-order valence-electron chi connectivity index (χ2n) is 5.04. The zero-order valence-corrected chi connectivity index (χ0v) is 10.4. The highest BCUT2D eigenvalue weighted by molar-refractivity contribution is 5.87. The van der Waals surface area contributed by atoms with Gasteiger partial charge in [0.05, 0.1) is 11.2 Å². The highest BCUT2D eigenvalue weighted by atomic mass is 16.4. The van der Waals surface area contributed by atoms with Crippen LogP contribution in [0.1, 0.15) is 41.6 Å². The number of rotatable bonds is 5. The maximum atomic E-state index is 10.7. The average Bonchev–Trinajstić information content (AvgIpc) is 2.77. The normalized spacial score (nSPS) is 17.8. The second kappa shape index (κ2) is 5.50. The van der Waals surface area contributed by atoms with E-state index in [-0.39, 0.29) is 0 Å². The molecule has 0 spiro atoms. The minimum absolute atomic E-state index is 0.299. The molecule has 0 unspecified atom stereocenters. The molecule has 1 saturated carbocycles. The van der Waals surface area contributed by atoms with Crippen LogP contribution in [0.3, 0.4) is 0 Å². The number of aromatic carboxylic acids is 1. The van der Waals surface area contributed by atoms with Crippen LogP contribution in [0.25, 0.3) is 0 Å².